The van der Waals surface area contributed by atoms with Crippen LogP contribution in [0.1, 0.15) is 10.4 Å². The average Bonchev–Trinajstić information content (AvgIpc) is 2.47. The fraction of sp³-hybridized carbons (Fsp3) is 0. The third kappa shape index (κ3) is 3.89. The highest BCUT2D eigenvalue weighted by atomic mass is 35.5. The van der Waals surface area contributed by atoms with Gasteiger partial charge in [0.05, 0.1) is 5.02 Å². The van der Waals surface area contributed by atoms with Crippen LogP contribution < -0.4 is 10.3 Å². The number of amides is 1. The molecule has 116 valence electrons. The Balaban J connectivity index is 2.16. The summed E-state index contributed by atoms with van der Waals surface area (Å²) in [6.07, 6.45) is 0. The predicted molar refractivity (Wildman–Crippen MR) is 82.4 cm³/mol. The van der Waals surface area contributed by atoms with Crippen LogP contribution in [0.25, 0.3) is 0 Å². The van der Waals surface area contributed by atoms with Crippen molar-refractivity contribution in [2.45, 2.75) is 4.90 Å². The number of benzene rings is 2. The summed E-state index contributed by atoms with van der Waals surface area (Å²) in [7, 11) is -4.09. The average molecular weight is 361 g/mol. The Hall–Kier alpha value is -1.80. The minimum atomic E-state index is -4.09. The van der Waals surface area contributed by atoms with E-state index in [0.717, 1.165) is 6.07 Å². The number of hydrogen-bond donors (Lipinski definition) is 3. The zero-order valence-corrected chi connectivity index (χ0v) is 13.2. The summed E-state index contributed by atoms with van der Waals surface area (Å²) in [4.78, 5) is 13.5. The molecule has 0 aromatic heterocycles. The van der Waals surface area contributed by atoms with Crippen molar-refractivity contribution in [3.05, 3.63) is 58.1 Å². The number of halogens is 2. The summed E-state index contributed by atoms with van der Waals surface area (Å²) in [6, 6.07) is 9.36. The fourth-order valence-electron chi connectivity index (χ4n) is 1.57. The number of carbonyl (C=O) groups excluding carboxylic acids is 1. The lowest BCUT2D eigenvalue weighted by Crippen LogP contribution is -2.41. The molecule has 0 fully saturated rings. The molecule has 0 saturated carbocycles. The van der Waals surface area contributed by atoms with Gasteiger partial charge in [-0.1, -0.05) is 29.3 Å². The van der Waals surface area contributed by atoms with E-state index in [4.69, 9.17) is 23.2 Å². The highest BCUT2D eigenvalue weighted by Crippen LogP contribution is 2.24. The summed E-state index contributed by atoms with van der Waals surface area (Å²) >= 11 is 11.5. The van der Waals surface area contributed by atoms with Gasteiger partial charge in [0.2, 0.25) is 0 Å². The van der Waals surface area contributed by atoms with Crippen LogP contribution in [0.5, 0.6) is 5.75 Å². The van der Waals surface area contributed by atoms with Crippen molar-refractivity contribution < 1.29 is 18.3 Å². The second-order valence-corrected chi connectivity index (χ2v) is 6.68. The first-order valence-corrected chi connectivity index (χ1v) is 8.10. The Morgan fingerprint density at radius 2 is 1.82 bits per heavy atom. The molecule has 0 saturated heterocycles. The molecule has 2 aromatic carbocycles. The molecular formula is C13H10Cl2N2O4S. The molecular weight excluding hydrogens is 351 g/mol. The maximum absolute atomic E-state index is 12.1. The van der Waals surface area contributed by atoms with E-state index in [1.54, 1.807) is 0 Å². The maximum Gasteiger partial charge on any atom is 0.266 e. The quantitative estimate of drug-likeness (QED) is 0.729. The third-order valence-corrected chi connectivity index (χ3v) is 4.55. The lowest BCUT2D eigenvalue weighted by molar-refractivity contribution is 0.0944. The van der Waals surface area contributed by atoms with E-state index in [0.29, 0.717) is 0 Å². The van der Waals surface area contributed by atoms with Crippen LogP contribution >= 0.6 is 23.2 Å². The summed E-state index contributed by atoms with van der Waals surface area (Å²) in [5.74, 6) is -0.856. The number of rotatable bonds is 4. The summed E-state index contributed by atoms with van der Waals surface area (Å²) in [5.41, 5.74) is 2.11. The van der Waals surface area contributed by atoms with E-state index in [1.165, 1.54) is 36.4 Å². The molecule has 2 aromatic rings. The molecule has 1 amide bonds. The number of hydrazine groups is 1. The van der Waals surface area contributed by atoms with Gasteiger partial charge in [0.25, 0.3) is 15.9 Å². The van der Waals surface area contributed by atoms with Gasteiger partial charge in [-0.2, -0.15) is 0 Å². The van der Waals surface area contributed by atoms with Crippen molar-refractivity contribution >= 4 is 39.1 Å². The summed E-state index contributed by atoms with van der Waals surface area (Å²) in [6.45, 7) is 0. The number of hydrogen-bond acceptors (Lipinski definition) is 4. The van der Waals surface area contributed by atoms with Gasteiger partial charge < -0.3 is 5.11 Å². The Morgan fingerprint density at radius 1 is 1.09 bits per heavy atom. The standard InChI is InChI=1S/C13H10Cl2N2O4S/c14-9-4-5-11(15)12(7-9)22(20,21)17-16-13(19)8-2-1-3-10(18)6-8/h1-7,17-18H,(H,16,19). The van der Waals surface area contributed by atoms with Gasteiger partial charge in [0.15, 0.2) is 0 Å². The van der Waals surface area contributed by atoms with Gasteiger partial charge in [-0.25, -0.2) is 8.42 Å². The largest absolute Gasteiger partial charge is 0.508 e. The van der Waals surface area contributed by atoms with Crippen molar-refractivity contribution in [2.75, 3.05) is 0 Å². The lowest BCUT2D eigenvalue weighted by Gasteiger charge is -2.10. The van der Waals surface area contributed by atoms with Crippen molar-refractivity contribution in [1.82, 2.24) is 10.3 Å². The molecule has 3 N–H and O–H groups in total. The monoisotopic (exact) mass is 360 g/mol. The van der Waals surface area contributed by atoms with Gasteiger partial charge in [0.1, 0.15) is 10.6 Å². The van der Waals surface area contributed by atoms with E-state index in [2.05, 4.69) is 0 Å². The zero-order valence-electron chi connectivity index (χ0n) is 10.9. The van der Waals surface area contributed by atoms with E-state index in [9.17, 15) is 18.3 Å². The highest BCUT2D eigenvalue weighted by molar-refractivity contribution is 7.89. The van der Waals surface area contributed by atoms with Crippen LogP contribution in [0, 0.1) is 0 Å². The second kappa shape index (κ2) is 6.53. The Labute approximate surface area is 136 Å². The Morgan fingerprint density at radius 3 is 2.50 bits per heavy atom. The fourth-order valence-corrected chi connectivity index (χ4v) is 3.17. The molecule has 0 aliphatic rings. The molecule has 22 heavy (non-hydrogen) atoms. The molecule has 0 radical (unpaired) electrons. The first-order chi connectivity index (χ1) is 10.3. The molecule has 2 rings (SSSR count). The molecule has 6 nitrogen and oxygen atoms in total. The van der Waals surface area contributed by atoms with Gasteiger partial charge in [-0.15, -0.1) is 4.83 Å². The first kappa shape index (κ1) is 16.6. The molecule has 0 aliphatic heterocycles. The lowest BCUT2D eigenvalue weighted by atomic mass is 10.2. The number of nitrogens with one attached hydrogen (secondary N) is 2. The Kier molecular flexibility index (Phi) is 4.92. The smallest absolute Gasteiger partial charge is 0.266 e. The summed E-state index contributed by atoms with van der Waals surface area (Å²) in [5, 5.41) is 9.43. The summed E-state index contributed by atoms with van der Waals surface area (Å²) < 4.78 is 24.2. The zero-order chi connectivity index (χ0) is 16.3. The van der Waals surface area contributed by atoms with Crippen molar-refractivity contribution in [3.8, 4) is 5.75 Å². The highest BCUT2D eigenvalue weighted by Gasteiger charge is 2.19. The number of phenolic OH excluding ortho intramolecular Hbond substituents is 1. The Bertz CT molecular complexity index is 825. The predicted octanol–water partition coefficient (Wildman–Crippen LogP) is 2.32. The minimum Gasteiger partial charge on any atom is -0.508 e. The first-order valence-electron chi connectivity index (χ1n) is 5.86. The minimum absolute atomic E-state index is 0.0384. The molecule has 0 unspecified atom stereocenters. The third-order valence-electron chi connectivity index (χ3n) is 2.59. The molecule has 0 spiro atoms. The van der Waals surface area contributed by atoms with Gasteiger partial charge in [-0.05, 0) is 36.4 Å². The number of sulfonamides is 1. The van der Waals surface area contributed by atoms with Gasteiger partial charge in [-0.3, -0.25) is 10.2 Å². The maximum atomic E-state index is 12.1. The van der Waals surface area contributed by atoms with Crippen LogP contribution in [0.3, 0.4) is 0 Å². The van der Waals surface area contributed by atoms with Crippen LogP contribution in [-0.4, -0.2) is 19.4 Å². The van der Waals surface area contributed by atoms with E-state index < -0.39 is 15.9 Å². The number of aromatic hydroxyl groups is 1. The van der Waals surface area contributed by atoms with Gasteiger partial charge in [0, 0.05) is 10.6 Å². The second-order valence-electron chi connectivity index (χ2n) is 4.18. The van der Waals surface area contributed by atoms with Crippen LogP contribution in [-0.2, 0) is 10.0 Å². The topological polar surface area (TPSA) is 95.5 Å². The SMILES string of the molecule is O=C(NNS(=O)(=O)c1cc(Cl)ccc1Cl)c1cccc(O)c1. The van der Waals surface area contributed by atoms with Crippen molar-refractivity contribution in [1.29, 1.82) is 0 Å². The molecule has 0 aliphatic carbocycles. The molecule has 0 heterocycles. The molecule has 0 atom stereocenters. The van der Waals surface area contributed by atoms with E-state index >= 15 is 0 Å². The van der Waals surface area contributed by atoms with Crippen LogP contribution in [0.15, 0.2) is 47.4 Å². The van der Waals surface area contributed by atoms with Crippen molar-refractivity contribution in [3.63, 3.8) is 0 Å². The molecule has 9 heteroatoms. The molecule has 0 bridgehead atoms. The van der Waals surface area contributed by atoms with Gasteiger partial charge >= 0.3 is 0 Å². The van der Waals surface area contributed by atoms with Crippen molar-refractivity contribution in [2.24, 2.45) is 0 Å². The van der Waals surface area contributed by atoms with E-state index in [1.807, 2.05) is 10.3 Å². The normalized spacial score (nSPS) is 11.2. The van der Waals surface area contributed by atoms with Crippen LogP contribution in [0.4, 0.5) is 0 Å². The van der Waals surface area contributed by atoms with Crippen LogP contribution in [0.2, 0.25) is 10.0 Å². The van der Waals surface area contributed by atoms with E-state index in [-0.39, 0.29) is 26.3 Å². The number of phenols is 1. The number of carbonyl (C=O) groups is 1.